The van der Waals surface area contributed by atoms with Crippen molar-refractivity contribution in [2.45, 2.75) is 57.2 Å². The molecule has 1 heterocycles. The number of carbonyl (C=O) groups excluding carboxylic acids is 1. The Morgan fingerprint density at radius 1 is 1.10 bits per heavy atom. The second kappa shape index (κ2) is 6.02. The Hall–Kier alpha value is -0.610. The Morgan fingerprint density at radius 2 is 1.95 bits per heavy atom. The molecule has 114 valence electrons. The topological polar surface area (TPSA) is 49.8 Å². The van der Waals surface area contributed by atoms with Gasteiger partial charge < -0.3 is 14.7 Å². The molecule has 4 heteroatoms. The van der Waals surface area contributed by atoms with Gasteiger partial charge in [-0.2, -0.15) is 0 Å². The molecule has 2 saturated carbocycles. The summed E-state index contributed by atoms with van der Waals surface area (Å²) in [5.41, 5.74) is 0. The summed E-state index contributed by atoms with van der Waals surface area (Å²) in [5, 5.41) is 9.76. The summed E-state index contributed by atoms with van der Waals surface area (Å²) in [4.78, 5) is 14.7. The quantitative estimate of drug-likeness (QED) is 0.840. The highest BCUT2D eigenvalue weighted by Crippen LogP contribution is 2.38. The highest BCUT2D eigenvalue weighted by Gasteiger charge is 2.39. The molecule has 0 radical (unpaired) electrons. The number of nitrogens with zero attached hydrogens (tertiary/aromatic N) is 1. The Labute approximate surface area is 121 Å². The average Bonchev–Trinajstić information content (AvgIpc) is 2.95. The van der Waals surface area contributed by atoms with Crippen LogP contribution in [0.5, 0.6) is 0 Å². The first-order chi connectivity index (χ1) is 9.67. The molecule has 4 nitrogen and oxygen atoms in total. The molecule has 0 aromatic carbocycles. The number of likely N-dealkylation sites (tertiary alicyclic amines) is 1. The van der Waals surface area contributed by atoms with Crippen LogP contribution in [0, 0.1) is 17.8 Å². The van der Waals surface area contributed by atoms with Crippen molar-refractivity contribution in [2.75, 3.05) is 20.2 Å². The number of fused-ring (bicyclic) bond motifs is 1. The second-order valence-electron chi connectivity index (χ2n) is 6.93. The first-order valence-corrected chi connectivity index (χ1v) is 8.17. The second-order valence-corrected chi connectivity index (χ2v) is 6.93. The van der Waals surface area contributed by atoms with E-state index in [-0.39, 0.29) is 18.1 Å². The van der Waals surface area contributed by atoms with Gasteiger partial charge in [-0.05, 0) is 56.8 Å². The van der Waals surface area contributed by atoms with Crippen molar-refractivity contribution >= 4 is 5.91 Å². The fourth-order valence-electron chi connectivity index (χ4n) is 4.43. The van der Waals surface area contributed by atoms with Crippen LogP contribution in [0.15, 0.2) is 0 Å². The van der Waals surface area contributed by atoms with E-state index in [1.165, 1.54) is 0 Å². The van der Waals surface area contributed by atoms with Gasteiger partial charge in [-0.25, -0.2) is 0 Å². The molecule has 0 spiro atoms. The highest BCUT2D eigenvalue weighted by molar-refractivity contribution is 5.79. The van der Waals surface area contributed by atoms with E-state index >= 15 is 0 Å². The van der Waals surface area contributed by atoms with Crippen LogP contribution in [0.1, 0.15) is 44.9 Å². The molecule has 20 heavy (non-hydrogen) atoms. The van der Waals surface area contributed by atoms with E-state index in [9.17, 15) is 9.90 Å². The van der Waals surface area contributed by atoms with E-state index in [1.807, 2.05) is 0 Å². The van der Waals surface area contributed by atoms with Crippen LogP contribution in [-0.4, -0.2) is 48.3 Å². The van der Waals surface area contributed by atoms with Crippen molar-refractivity contribution in [1.82, 2.24) is 4.90 Å². The third-order valence-electron chi connectivity index (χ3n) is 5.72. The average molecular weight is 281 g/mol. The van der Waals surface area contributed by atoms with E-state index in [4.69, 9.17) is 4.74 Å². The van der Waals surface area contributed by atoms with Gasteiger partial charge in [0, 0.05) is 26.1 Å². The molecule has 0 aromatic heterocycles. The molecule has 5 atom stereocenters. The number of ether oxygens (including phenoxy) is 1. The molecule has 2 aliphatic carbocycles. The van der Waals surface area contributed by atoms with Crippen molar-refractivity contribution in [3.63, 3.8) is 0 Å². The van der Waals surface area contributed by atoms with E-state index < -0.39 is 0 Å². The minimum absolute atomic E-state index is 0.101. The van der Waals surface area contributed by atoms with Gasteiger partial charge in [0.25, 0.3) is 0 Å². The molecule has 3 aliphatic rings. The Balaban J connectivity index is 1.55. The zero-order valence-corrected chi connectivity index (χ0v) is 12.5. The van der Waals surface area contributed by atoms with Gasteiger partial charge in [0.05, 0.1) is 12.2 Å². The van der Waals surface area contributed by atoms with Crippen LogP contribution in [0.2, 0.25) is 0 Å². The Morgan fingerprint density at radius 3 is 2.70 bits per heavy atom. The molecule has 1 aliphatic heterocycles. The molecular weight excluding hydrogens is 254 g/mol. The Kier molecular flexibility index (Phi) is 4.32. The lowest BCUT2D eigenvalue weighted by Crippen LogP contribution is -2.48. The monoisotopic (exact) mass is 281 g/mol. The lowest BCUT2D eigenvalue weighted by molar-refractivity contribution is -0.139. The predicted octanol–water partition coefficient (Wildman–Crippen LogP) is 1.81. The summed E-state index contributed by atoms with van der Waals surface area (Å²) in [5.74, 6) is 1.80. The van der Waals surface area contributed by atoms with Crippen molar-refractivity contribution in [1.29, 1.82) is 0 Å². The third-order valence-corrected chi connectivity index (χ3v) is 5.72. The zero-order chi connectivity index (χ0) is 14.1. The summed E-state index contributed by atoms with van der Waals surface area (Å²) >= 11 is 0. The van der Waals surface area contributed by atoms with Gasteiger partial charge in [-0.3, -0.25) is 4.79 Å². The molecule has 3 rings (SSSR count). The lowest BCUT2D eigenvalue weighted by atomic mass is 9.74. The summed E-state index contributed by atoms with van der Waals surface area (Å²) in [7, 11) is 1.75. The van der Waals surface area contributed by atoms with E-state index in [0.29, 0.717) is 17.7 Å². The van der Waals surface area contributed by atoms with Crippen molar-refractivity contribution in [3.05, 3.63) is 0 Å². The summed E-state index contributed by atoms with van der Waals surface area (Å²) < 4.78 is 5.38. The number of hydrogen-bond donors (Lipinski definition) is 1. The number of aliphatic hydroxyl groups excluding tert-OH is 1. The largest absolute Gasteiger partial charge is 0.393 e. The zero-order valence-electron chi connectivity index (χ0n) is 12.5. The lowest BCUT2D eigenvalue weighted by Gasteiger charge is -2.43. The maximum atomic E-state index is 12.6. The van der Waals surface area contributed by atoms with Crippen molar-refractivity contribution in [2.24, 2.45) is 17.8 Å². The molecule has 3 fully saturated rings. The highest BCUT2D eigenvalue weighted by atomic mass is 16.5. The molecule has 5 unspecified atom stereocenters. The van der Waals surface area contributed by atoms with Gasteiger partial charge in [-0.15, -0.1) is 0 Å². The fourth-order valence-corrected chi connectivity index (χ4v) is 4.43. The van der Waals surface area contributed by atoms with Crippen LogP contribution in [0.3, 0.4) is 0 Å². The normalized spacial score (nSPS) is 41.5. The van der Waals surface area contributed by atoms with E-state index in [0.717, 1.165) is 58.0 Å². The van der Waals surface area contributed by atoms with E-state index in [2.05, 4.69) is 4.90 Å². The summed E-state index contributed by atoms with van der Waals surface area (Å²) in [6.45, 7) is 1.81. The standard InChI is InChI=1S/C16H27NO3/c1-20-15-5-3-12(9-15)16(19)17-7-6-11-8-14(18)4-2-13(11)10-17/h11-15,18H,2-10H2,1H3. The van der Waals surface area contributed by atoms with Crippen LogP contribution < -0.4 is 0 Å². The first kappa shape index (κ1) is 14.3. The smallest absolute Gasteiger partial charge is 0.225 e. The molecule has 1 saturated heterocycles. The molecule has 1 N–H and O–H groups in total. The number of aliphatic hydroxyl groups is 1. The minimum atomic E-state index is -0.101. The van der Waals surface area contributed by atoms with Crippen LogP contribution in [0.4, 0.5) is 0 Å². The molecule has 1 amide bonds. The van der Waals surface area contributed by atoms with Gasteiger partial charge in [0.15, 0.2) is 0 Å². The maximum Gasteiger partial charge on any atom is 0.225 e. The summed E-state index contributed by atoms with van der Waals surface area (Å²) in [6, 6.07) is 0. The van der Waals surface area contributed by atoms with Crippen LogP contribution >= 0.6 is 0 Å². The predicted molar refractivity (Wildman–Crippen MR) is 76.2 cm³/mol. The first-order valence-electron chi connectivity index (χ1n) is 8.17. The minimum Gasteiger partial charge on any atom is -0.393 e. The van der Waals surface area contributed by atoms with E-state index in [1.54, 1.807) is 7.11 Å². The van der Waals surface area contributed by atoms with Gasteiger partial charge >= 0.3 is 0 Å². The van der Waals surface area contributed by atoms with Gasteiger partial charge in [0.1, 0.15) is 0 Å². The SMILES string of the molecule is COC1CCC(C(=O)N2CCC3CC(O)CCC3C2)C1. The number of piperidine rings is 1. The number of carbonyl (C=O) groups is 1. The maximum absolute atomic E-state index is 12.6. The molecular formula is C16H27NO3. The number of amides is 1. The molecule has 0 bridgehead atoms. The van der Waals surface area contributed by atoms with Gasteiger partial charge in [0.2, 0.25) is 5.91 Å². The van der Waals surface area contributed by atoms with Crippen LogP contribution in [-0.2, 0) is 9.53 Å². The number of rotatable bonds is 2. The van der Waals surface area contributed by atoms with Crippen molar-refractivity contribution in [3.8, 4) is 0 Å². The third kappa shape index (κ3) is 2.86. The molecule has 0 aromatic rings. The summed E-state index contributed by atoms with van der Waals surface area (Å²) in [6.07, 6.45) is 7.12. The van der Waals surface area contributed by atoms with Crippen LogP contribution in [0.25, 0.3) is 0 Å². The number of hydrogen-bond acceptors (Lipinski definition) is 3. The Bertz CT molecular complexity index is 360. The van der Waals surface area contributed by atoms with Gasteiger partial charge in [-0.1, -0.05) is 0 Å². The fraction of sp³-hybridized carbons (Fsp3) is 0.938. The number of methoxy groups -OCH3 is 1. The van der Waals surface area contributed by atoms with Crippen molar-refractivity contribution < 1.29 is 14.6 Å².